The fraction of sp³-hybridized carbons (Fsp3) is 0.643. The third-order valence-electron chi connectivity index (χ3n) is 3.95. The van der Waals surface area contributed by atoms with Crippen molar-refractivity contribution >= 4 is 17.7 Å². The molecule has 1 aromatic rings. The summed E-state index contributed by atoms with van der Waals surface area (Å²) < 4.78 is 1.65. The summed E-state index contributed by atoms with van der Waals surface area (Å²) in [7, 11) is 0. The lowest BCUT2D eigenvalue weighted by molar-refractivity contribution is -0.138. The van der Waals surface area contributed by atoms with Gasteiger partial charge in [0.15, 0.2) is 0 Å². The molecule has 0 bridgehead atoms. The van der Waals surface area contributed by atoms with Gasteiger partial charge in [-0.15, -0.1) is 0 Å². The van der Waals surface area contributed by atoms with Crippen LogP contribution in [-0.4, -0.2) is 32.1 Å². The van der Waals surface area contributed by atoms with E-state index < -0.39 is 11.9 Å². The summed E-state index contributed by atoms with van der Waals surface area (Å²) in [5.41, 5.74) is 1.68. The van der Waals surface area contributed by atoms with Crippen molar-refractivity contribution in [1.82, 2.24) is 9.55 Å². The number of hydrogen-bond acceptors (Lipinski definition) is 4. The van der Waals surface area contributed by atoms with Crippen LogP contribution in [0.4, 0.5) is 0 Å². The number of nitrogens with zero attached hydrogens (tertiary/aromatic N) is 2. The summed E-state index contributed by atoms with van der Waals surface area (Å²) in [4.78, 5) is 27.3. The Kier molecular flexibility index (Phi) is 4.52. The van der Waals surface area contributed by atoms with E-state index in [-0.39, 0.29) is 5.69 Å². The van der Waals surface area contributed by atoms with Crippen molar-refractivity contribution < 1.29 is 9.90 Å². The average Bonchev–Trinajstić information content (AvgIpc) is 2.86. The topological polar surface area (TPSA) is 72.2 Å². The smallest absolute Gasteiger partial charge is 0.347 e. The average molecular weight is 296 g/mol. The van der Waals surface area contributed by atoms with Crippen LogP contribution < -0.4 is 5.69 Å². The van der Waals surface area contributed by atoms with E-state index in [1.54, 1.807) is 18.4 Å². The highest BCUT2D eigenvalue weighted by Crippen LogP contribution is 2.26. The Hall–Kier alpha value is -1.30. The van der Waals surface area contributed by atoms with E-state index in [0.717, 1.165) is 23.6 Å². The lowest BCUT2D eigenvalue weighted by Crippen LogP contribution is -2.31. The Balaban J connectivity index is 2.43. The molecule has 110 valence electrons. The number of aryl methyl sites for hydroxylation is 1. The molecule has 1 fully saturated rings. The van der Waals surface area contributed by atoms with Crippen molar-refractivity contribution in [3.05, 3.63) is 27.4 Å². The number of rotatable bonds is 4. The van der Waals surface area contributed by atoms with Gasteiger partial charge in [-0.05, 0) is 44.6 Å². The van der Waals surface area contributed by atoms with Gasteiger partial charge in [0, 0.05) is 23.5 Å². The molecule has 0 spiro atoms. The molecule has 6 heteroatoms. The first kappa shape index (κ1) is 15.1. The van der Waals surface area contributed by atoms with Gasteiger partial charge < -0.3 is 5.11 Å². The predicted octanol–water partition coefficient (Wildman–Crippen LogP) is 1.80. The summed E-state index contributed by atoms with van der Waals surface area (Å²) in [6.45, 7) is 5.82. The summed E-state index contributed by atoms with van der Waals surface area (Å²) in [6, 6.07) is 0. The second-order valence-electron chi connectivity index (χ2n) is 5.38. The van der Waals surface area contributed by atoms with Crippen molar-refractivity contribution in [3.63, 3.8) is 0 Å². The monoisotopic (exact) mass is 296 g/mol. The first-order valence-corrected chi connectivity index (χ1v) is 7.95. The number of carboxylic acids is 1. The summed E-state index contributed by atoms with van der Waals surface area (Å²) in [5.74, 6) is 1.14. The number of aromatic nitrogens is 2. The first-order chi connectivity index (χ1) is 9.41. The lowest BCUT2D eigenvalue weighted by Gasteiger charge is -2.19. The van der Waals surface area contributed by atoms with E-state index in [2.05, 4.69) is 4.98 Å². The van der Waals surface area contributed by atoms with Gasteiger partial charge in [0.1, 0.15) is 0 Å². The third-order valence-corrected chi connectivity index (χ3v) is 5.18. The van der Waals surface area contributed by atoms with E-state index in [1.807, 2.05) is 18.7 Å². The molecule has 20 heavy (non-hydrogen) atoms. The molecule has 0 saturated carbocycles. The van der Waals surface area contributed by atoms with Gasteiger partial charge in [-0.2, -0.15) is 16.7 Å². The van der Waals surface area contributed by atoms with Crippen LogP contribution in [0.5, 0.6) is 0 Å². The molecule has 2 heterocycles. The molecule has 0 aliphatic carbocycles. The summed E-state index contributed by atoms with van der Waals surface area (Å²) >= 11 is 1.90. The van der Waals surface area contributed by atoms with Crippen LogP contribution in [0.2, 0.25) is 0 Å². The maximum absolute atomic E-state index is 12.1. The van der Waals surface area contributed by atoms with Crippen molar-refractivity contribution in [1.29, 1.82) is 0 Å². The molecule has 0 radical (unpaired) electrons. The molecule has 0 aromatic carbocycles. The molecule has 1 saturated heterocycles. The molecule has 0 amide bonds. The van der Waals surface area contributed by atoms with Gasteiger partial charge in [-0.3, -0.25) is 9.36 Å². The highest BCUT2D eigenvalue weighted by atomic mass is 32.2. The van der Waals surface area contributed by atoms with Crippen LogP contribution in [0.25, 0.3) is 0 Å². The van der Waals surface area contributed by atoms with Gasteiger partial charge in [-0.1, -0.05) is 0 Å². The zero-order valence-electron chi connectivity index (χ0n) is 12.0. The molecular weight excluding hydrogens is 276 g/mol. The molecule has 5 nitrogen and oxygen atoms in total. The third kappa shape index (κ3) is 2.90. The van der Waals surface area contributed by atoms with E-state index in [1.165, 1.54) is 0 Å². The number of carboxylic acid groups (broad SMARTS) is 1. The van der Waals surface area contributed by atoms with E-state index in [0.29, 0.717) is 23.7 Å². The standard InChI is InChI=1S/C14H20N2O3S/c1-8(13(17)18)12-9(2)15-14(19)16(10(12)3)6-11-4-5-20-7-11/h8,11H,4-7H2,1-3H3,(H,17,18). The van der Waals surface area contributed by atoms with Crippen LogP contribution in [0, 0.1) is 19.8 Å². The molecule has 2 rings (SSSR count). The van der Waals surface area contributed by atoms with Crippen molar-refractivity contribution in [2.75, 3.05) is 11.5 Å². The number of aliphatic carboxylic acids is 1. The Labute approximate surface area is 122 Å². The normalized spacial score (nSPS) is 20.1. The molecule has 1 aromatic heterocycles. The number of hydrogen-bond donors (Lipinski definition) is 1. The Morgan fingerprint density at radius 2 is 2.25 bits per heavy atom. The maximum Gasteiger partial charge on any atom is 0.347 e. The van der Waals surface area contributed by atoms with Gasteiger partial charge in [0.25, 0.3) is 0 Å². The van der Waals surface area contributed by atoms with Crippen molar-refractivity contribution in [2.45, 2.75) is 39.7 Å². The molecule has 1 aliphatic rings. The molecule has 1 N–H and O–H groups in total. The quantitative estimate of drug-likeness (QED) is 0.917. The molecule has 2 unspecified atom stereocenters. The maximum atomic E-state index is 12.1. The van der Waals surface area contributed by atoms with Crippen LogP contribution in [0.3, 0.4) is 0 Å². The Bertz CT molecular complexity index is 577. The fourth-order valence-corrected chi connectivity index (χ4v) is 4.04. The van der Waals surface area contributed by atoms with E-state index in [9.17, 15) is 14.7 Å². The summed E-state index contributed by atoms with van der Waals surface area (Å²) in [6.07, 6.45) is 1.11. The zero-order chi connectivity index (χ0) is 14.9. The molecule has 2 atom stereocenters. The largest absolute Gasteiger partial charge is 0.481 e. The van der Waals surface area contributed by atoms with Crippen molar-refractivity contribution in [3.8, 4) is 0 Å². The summed E-state index contributed by atoms with van der Waals surface area (Å²) in [5, 5.41) is 9.21. The fourth-order valence-electron chi connectivity index (χ4n) is 2.77. The van der Waals surface area contributed by atoms with Gasteiger partial charge in [-0.25, -0.2) is 4.79 Å². The van der Waals surface area contributed by atoms with Gasteiger partial charge >= 0.3 is 11.7 Å². The van der Waals surface area contributed by atoms with Gasteiger partial charge in [0.2, 0.25) is 0 Å². The van der Waals surface area contributed by atoms with Crippen LogP contribution in [-0.2, 0) is 11.3 Å². The van der Waals surface area contributed by atoms with E-state index >= 15 is 0 Å². The number of thioether (sulfide) groups is 1. The molecular formula is C14H20N2O3S. The Morgan fingerprint density at radius 1 is 1.55 bits per heavy atom. The predicted molar refractivity (Wildman–Crippen MR) is 79.5 cm³/mol. The minimum atomic E-state index is -0.889. The van der Waals surface area contributed by atoms with Crippen LogP contribution in [0.1, 0.15) is 36.2 Å². The molecule has 1 aliphatic heterocycles. The highest BCUT2D eigenvalue weighted by Gasteiger charge is 2.24. The van der Waals surface area contributed by atoms with Crippen LogP contribution >= 0.6 is 11.8 Å². The van der Waals surface area contributed by atoms with Gasteiger partial charge in [0.05, 0.1) is 5.92 Å². The van der Waals surface area contributed by atoms with Crippen molar-refractivity contribution in [2.24, 2.45) is 5.92 Å². The minimum absolute atomic E-state index is 0.266. The zero-order valence-corrected chi connectivity index (χ0v) is 12.9. The van der Waals surface area contributed by atoms with E-state index in [4.69, 9.17) is 0 Å². The Morgan fingerprint density at radius 3 is 2.80 bits per heavy atom. The lowest BCUT2D eigenvalue weighted by atomic mass is 9.97. The minimum Gasteiger partial charge on any atom is -0.481 e. The second-order valence-corrected chi connectivity index (χ2v) is 6.53. The highest BCUT2D eigenvalue weighted by molar-refractivity contribution is 7.99. The number of carbonyl (C=O) groups is 1. The second kappa shape index (κ2) is 5.99. The first-order valence-electron chi connectivity index (χ1n) is 6.80. The van der Waals surface area contributed by atoms with Crippen LogP contribution in [0.15, 0.2) is 4.79 Å². The SMILES string of the molecule is Cc1nc(=O)n(CC2CCSC2)c(C)c1C(C)C(=O)O.